The molecule has 0 aliphatic rings. The van der Waals surface area contributed by atoms with Gasteiger partial charge in [0.1, 0.15) is 6.61 Å². The van der Waals surface area contributed by atoms with Crippen molar-refractivity contribution in [1.82, 2.24) is 4.98 Å². The average molecular weight is 310 g/mol. The van der Waals surface area contributed by atoms with Gasteiger partial charge in [0, 0.05) is 10.7 Å². The maximum Gasteiger partial charge on any atom is 0.341 e. The molecule has 2 rings (SSSR count). The molecule has 0 unspecified atom stereocenters. The van der Waals surface area contributed by atoms with Crippen molar-refractivity contribution in [2.24, 2.45) is 0 Å². The summed E-state index contributed by atoms with van der Waals surface area (Å²) in [6.07, 6.45) is 2.33. The molecule has 1 heterocycles. The Morgan fingerprint density at radius 1 is 1.39 bits per heavy atom. The summed E-state index contributed by atoms with van der Waals surface area (Å²) in [6.45, 7) is 0.0973. The number of nitrogens with zero attached hydrogens (tertiary/aromatic N) is 1. The van der Waals surface area contributed by atoms with Crippen LogP contribution in [0.25, 0.3) is 0 Å². The van der Waals surface area contributed by atoms with E-state index in [0.717, 1.165) is 16.2 Å². The van der Waals surface area contributed by atoms with E-state index in [2.05, 4.69) is 20.9 Å². The summed E-state index contributed by atoms with van der Waals surface area (Å²) in [7, 11) is 0. The Morgan fingerprint density at radius 2 is 2.22 bits per heavy atom. The number of halogens is 2. The molecule has 0 fully saturated rings. The molecule has 0 radical (unpaired) electrons. The number of aromatic nitrogens is 1. The molecule has 1 aromatic heterocycles. The van der Waals surface area contributed by atoms with E-state index < -0.39 is 11.8 Å². The lowest BCUT2D eigenvalue weighted by molar-refractivity contribution is 0.0467. The van der Waals surface area contributed by atoms with E-state index >= 15 is 0 Å². The monoisotopic (exact) mass is 309 g/mol. The predicted octanol–water partition coefficient (Wildman–Crippen LogP) is 3.34. The fourth-order valence-electron chi connectivity index (χ4n) is 1.39. The molecule has 2 aromatic rings. The Balaban J connectivity index is 2.03. The van der Waals surface area contributed by atoms with Crippen molar-refractivity contribution >= 4 is 21.9 Å². The minimum Gasteiger partial charge on any atom is -0.457 e. The van der Waals surface area contributed by atoms with Crippen LogP contribution in [0.4, 0.5) is 4.39 Å². The van der Waals surface area contributed by atoms with Crippen LogP contribution < -0.4 is 0 Å². The molecule has 0 amide bonds. The Kier molecular flexibility index (Phi) is 4.04. The molecule has 0 aliphatic carbocycles. The van der Waals surface area contributed by atoms with Crippen LogP contribution in [0.5, 0.6) is 0 Å². The fraction of sp³-hybridized carbons (Fsp3) is 0.0769. The van der Waals surface area contributed by atoms with Crippen LogP contribution in [0.1, 0.15) is 15.9 Å². The quantitative estimate of drug-likeness (QED) is 0.816. The van der Waals surface area contributed by atoms with Crippen molar-refractivity contribution in [2.45, 2.75) is 6.61 Å². The zero-order valence-electron chi connectivity index (χ0n) is 9.27. The van der Waals surface area contributed by atoms with E-state index in [0.29, 0.717) is 0 Å². The first-order valence-corrected chi connectivity index (χ1v) is 5.97. The fourth-order valence-corrected chi connectivity index (χ4v) is 1.84. The number of hydrogen-bond acceptors (Lipinski definition) is 3. The molecule has 0 saturated heterocycles. The van der Waals surface area contributed by atoms with Crippen LogP contribution in [0.2, 0.25) is 0 Å². The highest BCUT2D eigenvalue weighted by Gasteiger charge is 2.12. The third kappa shape index (κ3) is 3.13. The lowest BCUT2D eigenvalue weighted by Gasteiger charge is -2.05. The molecule has 0 N–H and O–H groups in total. The summed E-state index contributed by atoms with van der Waals surface area (Å²) in [5, 5.41) is 0. The maximum absolute atomic E-state index is 13.3. The highest BCUT2D eigenvalue weighted by Crippen LogP contribution is 2.13. The second-order valence-electron chi connectivity index (χ2n) is 3.56. The van der Waals surface area contributed by atoms with Gasteiger partial charge in [0.25, 0.3) is 0 Å². The maximum atomic E-state index is 13.3. The van der Waals surface area contributed by atoms with Crippen LogP contribution in [0, 0.1) is 5.82 Å². The Hall–Kier alpha value is -1.75. The Morgan fingerprint density at radius 3 is 2.94 bits per heavy atom. The van der Waals surface area contributed by atoms with Gasteiger partial charge in [0.2, 0.25) is 0 Å². The van der Waals surface area contributed by atoms with Gasteiger partial charge < -0.3 is 4.74 Å². The van der Waals surface area contributed by atoms with Crippen molar-refractivity contribution in [3.8, 4) is 0 Å². The predicted molar refractivity (Wildman–Crippen MR) is 67.5 cm³/mol. The van der Waals surface area contributed by atoms with E-state index in [9.17, 15) is 9.18 Å². The molecule has 18 heavy (non-hydrogen) atoms. The van der Waals surface area contributed by atoms with E-state index in [4.69, 9.17) is 4.74 Å². The van der Waals surface area contributed by atoms with Gasteiger partial charge in [-0.2, -0.15) is 0 Å². The van der Waals surface area contributed by atoms with Gasteiger partial charge in [-0.25, -0.2) is 9.18 Å². The first-order chi connectivity index (χ1) is 8.66. The van der Waals surface area contributed by atoms with Gasteiger partial charge in [-0.1, -0.05) is 28.1 Å². The summed E-state index contributed by atoms with van der Waals surface area (Å²) >= 11 is 3.32. The van der Waals surface area contributed by atoms with Crippen LogP contribution >= 0.6 is 15.9 Å². The third-order valence-electron chi connectivity index (χ3n) is 2.25. The minimum atomic E-state index is -0.699. The van der Waals surface area contributed by atoms with Gasteiger partial charge in [-0.15, -0.1) is 0 Å². The number of rotatable bonds is 3. The standard InChI is InChI=1S/C13H9BrFNO2/c14-10-3-1-2-9(6-10)8-18-13(17)11-4-5-16-7-12(11)15/h1-7H,8H2. The normalized spacial score (nSPS) is 10.1. The first kappa shape index (κ1) is 12.7. The molecule has 0 atom stereocenters. The van der Waals surface area contributed by atoms with Crippen LogP contribution in [0.3, 0.4) is 0 Å². The number of carbonyl (C=O) groups is 1. The number of ether oxygens (including phenoxy) is 1. The van der Waals surface area contributed by atoms with Gasteiger partial charge in [-0.3, -0.25) is 4.98 Å². The summed E-state index contributed by atoms with van der Waals surface area (Å²) < 4.78 is 19.2. The number of hydrogen-bond donors (Lipinski definition) is 0. The van der Waals surface area contributed by atoms with E-state index in [-0.39, 0.29) is 12.2 Å². The van der Waals surface area contributed by atoms with Gasteiger partial charge in [0.15, 0.2) is 5.82 Å². The van der Waals surface area contributed by atoms with E-state index in [1.807, 2.05) is 24.3 Å². The van der Waals surface area contributed by atoms with E-state index in [1.165, 1.54) is 12.3 Å². The molecule has 0 aliphatic heterocycles. The highest BCUT2D eigenvalue weighted by atomic mass is 79.9. The Bertz CT molecular complexity index is 574. The van der Waals surface area contributed by atoms with Crippen molar-refractivity contribution in [2.75, 3.05) is 0 Å². The topological polar surface area (TPSA) is 39.2 Å². The van der Waals surface area contributed by atoms with Crippen molar-refractivity contribution < 1.29 is 13.9 Å². The second kappa shape index (κ2) is 5.73. The van der Waals surface area contributed by atoms with Crippen LogP contribution in [0.15, 0.2) is 47.2 Å². The average Bonchev–Trinajstić information content (AvgIpc) is 2.37. The third-order valence-corrected chi connectivity index (χ3v) is 2.74. The summed E-state index contributed by atoms with van der Waals surface area (Å²) in [5.41, 5.74) is 0.715. The number of benzene rings is 1. The zero-order chi connectivity index (χ0) is 13.0. The largest absolute Gasteiger partial charge is 0.457 e. The smallest absolute Gasteiger partial charge is 0.341 e. The van der Waals surface area contributed by atoms with Crippen LogP contribution in [-0.2, 0) is 11.3 Å². The zero-order valence-corrected chi connectivity index (χ0v) is 10.9. The molecule has 92 valence electrons. The van der Waals surface area contributed by atoms with Crippen molar-refractivity contribution in [1.29, 1.82) is 0 Å². The lowest BCUT2D eigenvalue weighted by Crippen LogP contribution is -2.07. The van der Waals surface area contributed by atoms with Gasteiger partial charge in [-0.05, 0) is 23.8 Å². The van der Waals surface area contributed by atoms with Crippen molar-refractivity contribution in [3.05, 3.63) is 64.1 Å². The summed E-state index contributed by atoms with van der Waals surface area (Å²) in [6, 6.07) is 8.64. The highest BCUT2D eigenvalue weighted by molar-refractivity contribution is 9.10. The second-order valence-corrected chi connectivity index (χ2v) is 4.48. The first-order valence-electron chi connectivity index (χ1n) is 5.18. The molecule has 1 aromatic carbocycles. The summed E-state index contributed by atoms with van der Waals surface area (Å²) in [4.78, 5) is 15.2. The van der Waals surface area contributed by atoms with E-state index in [1.54, 1.807) is 0 Å². The summed E-state index contributed by atoms with van der Waals surface area (Å²) in [5.74, 6) is -1.38. The molecule has 0 bridgehead atoms. The molecule has 0 spiro atoms. The van der Waals surface area contributed by atoms with Gasteiger partial charge in [0.05, 0.1) is 11.8 Å². The minimum absolute atomic E-state index is 0.0973. The molecular formula is C13H9BrFNO2. The number of esters is 1. The number of pyridine rings is 1. The SMILES string of the molecule is O=C(OCc1cccc(Br)c1)c1ccncc1F. The molecule has 0 saturated carbocycles. The molecule has 3 nitrogen and oxygen atoms in total. The molecule has 5 heteroatoms. The Labute approximate surface area is 112 Å². The van der Waals surface area contributed by atoms with Crippen molar-refractivity contribution in [3.63, 3.8) is 0 Å². The lowest BCUT2D eigenvalue weighted by atomic mass is 10.2. The van der Waals surface area contributed by atoms with Gasteiger partial charge >= 0.3 is 5.97 Å². The molecular weight excluding hydrogens is 301 g/mol. The number of carbonyl (C=O) groups excluding carboxylic acids is 1. The van der Waals surface area contributed by atoms with Crippen LogP contribution in [-0.4, -0.2) is 11.0 Å².